The molecule has 4 rings (SSSR count). The first-order valence-electron chi connectivity index (χ1n) is 7.86. The van der Waals surface area contributed by atoms with Crippen molar-refractivity contribution in [3.63, 3.8) is 0 Å². The zero-order valence-corrected chi connectivity index (χ0v) is 12.2. The maximum absolute atomic E-state index is 12.7. The largest absolute Gasteiger partial charge is 0.353 e. The van der Waals surface area contributed by atoms with Gasteiger partial charge in [-0.15, -0.1) is 0 Å². The summed E-state index contributed by atoms with van der Waals surface area (Å²) in [7, 11) is 0. The van der Waals surface area contributed by atoms with E-state index in [2.05, 4.69) is 18.3 Å². The summed E-state index contributed by atoms with van der Waals surface area (Å²) >= 11 is 0. The van der Waals surface area contributed by atoms with Crippen LogP contribution in [0.4, 0.5) is 5.69 Å². The molecule has 0 bridgehead atoms. The van der Waals surface area contributed by atoms with E-state index in [-0.39, 0.29) is 29.7 Å². The van der Waals surface area contributed by atoms with Gasteiger partial charge in [0.1, 0.15) is 0 Å². The molecule has 0 spiro atoms. The molecule has 4 nitrogen and oxygen atoms in total. The van der Waals surface area contributed by atoms with E-state index in [1.807, 2.05) is 23.1 Å². The third-order valence-electron chi connectivity index (χ3n) is 4.81. The van der Waals surface area contributed by atoms with Crippen LogP contribution >= 0.6 is 0 Å². The molecular weight excluding hydrogens is 264 g/mol. The van der Waals surface area contributed by atoms with E-state index < -0.39 is 0 Å². The molecule has 4 heteroatoms. The van der Waals surface area contributed by atoms with Crippen molar-refractivity contribution in [2.24, 2.45) is 11.8 Å². The first-order valence-corrected chi connectivity index (χ1v) is 7.86. The van der Waals surface area contributed by atoms with Gasteiger partial charge in [0, 0.05) is 17.8 Å². The summed E-state index contributed by atoms with van der Waals surface area (Å²) in [5.74, 6) is -0.00481. The Bertz CT molecular complexity index is 609. The van der Waals surface area contributed by atoms with Gasteiger partial charge >= 0.3 is 0 Å². The van der Waals surface area contributed by atoms with Crippen molar-refractivity contribution >= 4 is 17.5 Å². The summed E-state index contributed by atoms with van der Waals surface area (Å²) < 4.78 is 0. The summed E-state index contributed by atoms with van der Waals surface area (Å²) in [5.41, 5.74) is 2.27. The number of carbonyl (C=O) groups is 2. The topological polar surface area (TPSA) is 49.4 Å². The molecule has 0 aromatic heterocycles. The van der Waals surface area contributed by atoms with Crippen LogP contribution in [0, 0.1) is 11.8 Å². The Morgan fingerprint density at radius 2 is 1.95 bits per heavy atom. The van der Waals surface area contributed by atoms with E-state index in [0.717, 1.165) is 24.9 Å². The minimum atomic E-state index is -0.114. The fraction of sp³-hybridized carbons (Fsp3) is 0.529. The van der Waals surface area contributed by atoms with Crippen molar-refractivity contribution in [3.05, 3.63) is 29.8 Å². The highest BCUT2D eigenvalue weighted by atomic mass is 16.2. The Balaban J connectivity index is 1.47. The minimum absolute atomic E-state index is 0.0796. The minimum Gasteiger partial charge on any atom is -0.353 e. The van der Waals surface area contributed by atoms with Crippen LogP contribution in [-0.4, -0.2) is 23.9 Å². The second kappa shape index (κ2) is 4.58. The molecule has 1 N–H and O–H groups in total. The van der Waals surface area contributed by atoms with E-state index in [1.54, 1.807) is 0 Å². The van der Waals surface area contributed by atoms with Gasteiger partial charge in [-0.25, -0.2) is 0 Å². The molecule has 0 saturated heterocycles. The molecule has 2 fully saturated rings. The van der Waals surface area contributed by atoms with Crippen LogP contribution in [-0.2, 0) is 16.0 Å². The number of anilines is 1. The number of rotatable bonds is 3. The number of hydrogen-bond acceptors (Lipinski definition) is 2. The van der Waals surface area contributed by atoms with Crippen LogP contribution in [0.3, 0.4) is 0 Å². The third kappa shape index (κ3) is 2.23. The van der Waals surface area contributed by atoms with E-state index in [1.165, 1.54) is 5.56 Å². The van der Waals surface area contributed by atoms with Gasteiger partial charge in [-0.1, -0.05) is 18.2 Å². The fourth-order valence-corrected chi connectivity index (χ4v) is 3.37. The monoisotopic (exact) mass is 284 g/mol. The number of benzene rings is 1. The predicted molar refractivity (Wildman–Crippen MR) is 79.9 cm³/mol. The molecule has 3 aliphatic rings. The molecule has 2 aliphatic carbocycles. The molecule has 2 saturated carbocycles. The number of para-hydroxylation sites is 1. The standard InChI is InChI=1S/C17H20N2O2/c1-10-8-11-4-2-3-5-15(11)19(10)17(21)14-9-13(14)16(20)18-12-6-7-12/h2-5,10,12-14H,6-9H2,1H3,(H,18,20). The molecule has 0 radical (unpaired) electrons. The Labute approximate surface area is 124 Å². The SMILES string of the molecule is CC1Cc2ccccc2N1C(=O)C1CC1C(=O)NC1CC1. The van der Waals surface area contributed by atoms with Crippen LogP contribution in [0.2, 0.25) is 0 Å². The van der Waals surface area contributed by atoms with Gasteiger partial charge < -0.3 is 10.2 Å². The van der Waals surface area contributed by atoms with Gasteiger partial charge in [0.05, 0.1) is 11.8 Å². The van der Waals surface area contributed by atoms with Crippen molar-refractivity contribution in [3.8, 4) is 0 Å². The second-order valence-electron chi connectivity index (χ2n) is 6.62. The van der Waals surface area contributed by atoms with E-state index in [9.17, 15) is 9.59 Å². The van der Waals surface area contributed by atoms with Gasteiger partial charge in [0.25, 0.3) is 0 Å². The number of amides is 2. The van der Waals surface area contributed by atoms with E-state index in [0.29, 0.717) is 12.5 Å². The average Bonchev–Trinajstić information content (AvgIpc) is 3.34. The summed E-state index contributed by atoms with van der Waals surface area (Å²) in [5, 5.41) is 3.01. The third-order valence-corrected chi connectivity index (χ3v) is 4.81. The Hall–Kier alpha value is -1.84. The van der Waals surface area contributed by atoms with Crippen LogP contribution in [0.15, 0.2) is 24.3 Å². The average molecular weight is 284 g/mol. The van der Waals surface area contributed by atoms with E-state index in [4.69, 9.17) is 0 Å². The van der Waals surface area contributed by atoms with Crippen molar-refractivity contribution in [2.75, 3.05) is 4.90 Å². The Kier molecular flexibility index (Phi) is 2.81. The lowest BCUT2D eigenvalue weighted by atomic mass is 10.1. The highest BCUT2D eigenvalue weighted by Crippen LogP contribution is 2.44. The lowest BCUT2D eigenvalue weighted by Gasteiger charge is -2.23. The number of fused-ring (bicyclic) bond motifs is 1. The van der Waals surface area contributed by atoms with Gasteiger partial charge in [0.2, 0.25) is 11.8 Å². The fourth-order valence-electron chi connectivity index (χ4n) is 3.37. The second-order valence-corrected chi connectivity index (χ2v) is 6.62. The molecule has 3 unspecified atom stereocenters. The van der Waals surface area contributed by atoms with Crippen LogP contribution in [0.1, 0.15) is 31.7 Å². The molecule has 1 aromatic rings. The lowest BCUT2D eigenvalue weighted by molar-refractivity contribution is -0.126. The van der Waals surface area contributed by atoms with Gasteiger partial charge in [0.15, 0.2) is 0 Å². The lowest BCUT2D eigenvalue weighted by Crippen LogP contribution is -2.38. The quantitative estimate of drug-likeness (QED) is 0.921. The van der Waals surface area contributed by atoms with Crippen LogP contribution < -0.4 is 10.2 Å². The zero-order valence-electron chi connectivity index (χ0n) is 12.2. The zero-order chi connectivity index (χ0) is 14.6. The molecule has 2 amide bonds. The smallest absolute Gasteiger partial charge is 0.231 e. The summed E-state index contributed by atoms with van der Waals surface area (Å²) in [6.07, 6.45) is 3.80. The molecule has 1 heterocycles. The Morgan fingerprint density at radius 3 is 2.71 bits per heavy atom. The van der Waals surface area contributed by atoms with Crippen molar-refractivity contribution < 1.29 is 9.59 Å². The molecule has 1 aromatic carbocycles. The maximum atomic E-state index is 12.7. The number of carbonyl (C=O) groups excluding carboxylic acids is 2. The highest BCUT2D eigenvalue weighted by Gasteiger charge is 2.51. The molecule has 3 atom stereocenters. The van der Waals surface area contributed by atoms with E-state index >= 15 is 0 Å². The number of hydrogen-bond donors (Lipinski definition) is 1. The predicted octanol–water partition coefficient (Wildman–Crippen LogP) is 1.88. The molecule has 21 heavy (non-hydrogen) atoms. The number of nitrogens with one attached hydrogen (secondary N) is 1. The van der Waals surface area contributed by atoms with Gasteiger partial charge in [-0.2, -0.15) is 0 Å². The maximum Gasteiger partial charge on any atom is 0.231 e. The first-order chi connectivity index (χ1) is 10.1. The molecule has 1 aliphatic heterocycles. The van der Waals surface area contributed by atoms with Gasteiger partial charge in [-0.05, 0) is 44.2 Å². The van der Waals surface area contributed by atoms with Crippen molar-refractivity contribution in [1.29, 1.82) is 0 Å². The summed E-state index contributed by atoms with van der Waals surface area (Å²) in [6.45, 7) is 2.08. The molecule has 110 valence electrons. The molecular formula is C17H20N2O2. The summed E-state index contributed by atoms with van der Waals surface area (Å²) in [4.78, 5) is 26.7. The highest BCUT2D eigenvalue weighted by molar-refractivity contribution is 6.02. The van der Waals surface area contributed by atoms with Crippen molar-refractivity contribution in [2.45, 2.75) is 44.7 Å². The van der Waals surface area contributed by atoms with Crippen LogP contribution in [0.5, 0.6) is 0 Å². The Morgan fingerprint density at radius 1 is 1.19 bits per heavy atom. The number of nitrogens with zero attached hydrogens (tertiary/aromatic N) is 1. The first kappa shape index (κ1) is 12.9. The normalized spacial score (nSPS) is 30.0. The van der Waals surface area contributed by atoms with Crippen molar-refractivity contribution in [1.82, 2.24) is 5.32 Å². The van der Waals surface area contributed by atoms with Gasteiger partial charge in [-0.3, -0.25) is 9.59 Å². The van der Waals surface area contributed by atoms with Crippen LogP contribution in [0.25, 0.3) is 0 Å². The summed E-state index contributed by atoms with van der Waals surface area (Å²) in [6, 6.07) is 8.66.